The summed E-state index contributed by atoms with van der Waals surface area (Å²) in [5.41, 5.74) is 6.93. The molecule has 1 rings (SSSR count). The fourth-order valence-corrected chi connectivity index (χ4v) is 3.73. The van der Waals surface area contributed by atoms with Crippen LogP contribution in [0.15, 0.2) is 23.1 Å². The van der Waals surface area contributed by atoms with E-state index in [0.717, 1.165) is 12.0 Å². The highest BCUT2D eigenvalue weighted by Gasteiger charge is 2.25. The molecule has 0 radical (unpaired) electrons. The maximum Gasteiger partial charge on any atom is 0.243 e. The summed E-state index contributed by atoms with van der Waals surface area (Å²) in [6.45, 7) is 5.47. The van der Waals surface area contributed by atoms with Crippen molar-refractivity contribution in [3.63, 3.8) is 0 Å². The van der Waals surface area contributed by atoms with Crippen LogP contribution in [0.2, 0.25) is 0 Å². The maximum atomic E-state index is 12.8. The van der Waals surface area contributed by atoms with E-state index in [2.05, 4.69) is 0 Å². The van der Waals surface area contributed by atoms with Crippen molar-refractivity contribution in [3.8, 4) is 0 Å². The molecule has 6 heteroatoms. The van der Waals surface area contributed by atoms with E-state index in [1.807, 2.05) is 25.9 Å². The van der Waals surface area contributed by atoms with Crippen LogP contribution in [0.3, 0.4) is 0 Å². The minimum Gasteiger partial charge on any atom is -0.399 e. The molecule has 0 aliphatic carbocycles. The van der Waals surface area contributed by atoms with Crippen LogP contribution in [-0.4, -0.2) is 51.4 Å². The van der Waals surface area contributed by atoms with Crippen molar-refractivity contribution >= 4 is 15.7 Å². The third kappa shape index (κ3) is 4.19. The monoisotopic (exact) mass is 299 g/mol. The topological polar surface area (TPSA) is 66.6 Å². The summed E-state index contributed by atoms with van der Waals surface area (Å²) in [7, 11) is 0.381. The number of anilines is 1. The minimum atomic E-state index is -3.49. The predicted octanol–water partition coefficient (Wildman–Crippen LogP) is 1.54. The third-order valence-electron chi connectivity index (χ3n) is 3.10. The van der Waals surface area contributed by atoms with Gasteiger partial charge < -0.3 is 10.6 Å². The van der Waals surface area contributed by atoms with Crippen LogP contribution in [0.1, 0.15) is 18.9 Å². The van der Waals surface area contributed by atoms with Crippen LogP contribution in [0.25, 0.3) is 0 Å². The lowest BCUT2D eigenvalue weighted by atomic mass is 10.2. The molecule has 0 heterocycles. The lowest BCUT2D eigenvalue weighted by Crippen LogP contribution is -2.37. The van der Waals surface area contributed by atoms with Crippen molar-refractivity contribution in [3.05, 3.63) is 23.8 Å². The van der Waals surface area contributed by atoms with Gasteiger partial charge in [0.2, 0.25) is 10.0 Å². The Morgan fingerprint density at radius 2 is 1.80 bits per heavy atom. The Morgan fingerprint density at radius 1 is 1.15 bits per heavy atom. The van der Waals surface area contributed by atoms with E-state index in [-0.39, 0.29) is 0 Å². The van der Waals surface area contributed by atoms with Gasteiger partial charge in [0.25, 0.3) is 0 Å². The molecule has 2 N–H and O–H groups in total. The second kappa shape index (κ2) is 7.06. The molecule has 0 aliphatic heterocycles. The number of sulfonamides is 1. The highest BCUT2D eigenvalue weighted by molar-refractivity contribution is 7.89. The highest BCUT2D eigenvalue weighted by Crippen LogP contribution is 2.22. The first-order valence-corrected chi connectivity index (χ1v) is 8.24. The molecule has 5 nitrogen and oxygen atoms in total. The van der Waals surface area contributed by atoms with Gasteiger partial charge in [-0.1, -0.05) is 13.0 Å². The molecule has 0 saturated carbocycles. The SMILES string of the molecule is CCCN(CCN(C)C)S(=O)(=O)c1cc(N)ccc1C. The average Bonchev–Trinajstić information content (AvgIpc) is 2.36. The van der Waals surface area contributed by atoms with Crippen molar-refractivity contribution in [1.29, 1.82) is 0 Å². The fraction of sp³-hybridized carbons (Fsp3) is 0.571. The van der Waals surface area contributed by atoms with Crippen molar-refractivity contribution < 1.29 is 8.42 Å². The standard InChI is InChI=1S/C14H25N3O2S/c1-5-8-17(10-9-16(3)4)20(18,19)14-11-13(15)7-6-12(14)2/h6-7,11H,5,8-10,15H2,1-4H3. The number of hydrogen-bond acceptors (Lipinski definition) is 4. The number of rotatable bonds is 7. The summed E-state index contributed by atoms with van der Waals surface area (Å²) in [5, 5.41) is 0. The van der Waals surface area contributed by atoms with Gasteiger partial charge in [-0.2, -0.15) is 4.31 Å². The zero-order chi connectivity index (χ0) is 15.3. The molecule has 114 valence electrons. The number of aryl methyl sites for hydroxylation is 1. The van der Waals surface area contributed by atoms with Crippen LogP contribution in [-0.2, 0) is 10.0 Å². The lowest BCUT2D eigenvalue weighted by molar-refractivity contribution is 0.333. The smallest absolute Gasteiger partial charge is 0.243 e. The van der Waals surface area contributed by atoms with E-state index in [9.17, 15) is 8.42 Å². The summed E-state index contributed by atoms with van der Waals surface area (Å²) < 4.78 is 27.1. The lowest BCUT2D eigenvalue weighted by Gasteiger charge is -2.24. The largest absolute Gasteiger partial charge is 0.399 e. The summed E-state index contributed by atoms with van der Waals surface area (Å²) >= 11 is 0. The zero-order valence-electron chi connectivity index (χ0n) is 12.8. The van der Waals surface area contributed by atoms with Gasteiger partial charge >= 0.3 is 0 Å². The number of nitrogens with two attached hydrogens (primary N) is 1. The number of benzene rings is 1. The molecule has 0 spiro atoms. The first-order chi connectivity index (χ1) is 9.28. The Labute approximate surface area is 122 Å². The molecule has 0 fully saturated rings. The second-order valence-corrected chi connectivity index (χ2v) is 7.14. The normalized spacial score (nSPS) is 12.3. The Kier molecular flexibility index (Phi) is 5.98. The van der Waals surface area contributed by atoms with Crippen LogP contribution < -0.4 is 5.73 Å². The molecule has 20 heavy (non-hydrogen) atoms. The molecule has 0 aliphatic rings. The van der Waals surface area contributed by atoms with Gasteiger partial charge in [-0.25, -0.2) is 8.42 Å². The zero-order valence-corrected chi connectivity index (χ0v) is 13.6. The second-order valence-electron chi connectivity index (χ2n) is 5.23. The third-order valence-corrected chi connectivity index (χ3v) is 5.14. The van der Waals surface area contributed by atoms with E-state index >= 15 is 0 Å². The fourth-order valence-electron chi connectivity index (χ4n) is 1.95. The van der Waals surface area contributed by atoms with E-state index in [4.69, 9.17) is 5.73 Å². The van der Waals surface area contributed by atoms with Gasteiger partial charge in [-0.15, -0.1) is 0 Å². The van der Waals surface area contributed by atoms with Crippen molar-refractivity contribution in [2.24, 2.45) is 0 Å². The Balaban J connectivity index is 3.12. The Bertz CT molecular complexity index is 541. The quantitative estimate of drug-likeness (QED) is 0.776. The molecule has 0 bridgehead atoms. The Hall–Kier alpha value is -1.11. The number of nitrogens with zero attached hydrogens (tertiary/aromatic N) is 2. The molecule has 1 aromatic carbocycles. The van der Waals surface area contributed by atoms with Gasteiger partial charge in [0.1, 0.15) is 0 Å². The van der Waals surface area contributed by atoms with Crippen LogP contribution in [0, 0.1) is 6.92 Å². The Morgan fingerprint density at radius 3 is 2.35 bits per heavy atom. The molecule has 0 saturated heterocycles. The van der Waals surface area contributed by atoms with Crippen molar-refractivity contribution in [2.75, 3.05) is 39.5 Å². The van der Waals surface area contributed by atoms with E-state index in [0.29, 0.717) is 30.2 Å². The van der Waals surface area contributed by atoms with E-state index < -0.39 is 10.0 Å². The van der Waals surface area contributed by atoms with Crippen LogP contribution in [0.4, 0.5) is 5.69 Å². The van der Waals surface area contributed by atoms with E-state index in [1.165, 1.54) is 4.31 Å². The van der Waals surface area contributed by atoms with Gasteiger partial charge in [-0.05, 0) is 45.1 Å². The summed E-state index contributed by atoms with van der Waals surface area (Å²) in [4.78, 5) is 2.29. The highest BCUT2D eigenvalue weighted by atomic mass is 32.2. The van der Waals surface area contributed by atoms with E-state index in [1.54, 1.807) is 25.1 Å². The summed E-state index contributed by atoms with van der Waals surface area (Å²) in [6, 6.07) is 5.01. The summed E-state index contributed by atoms with van der Waals surface area (Å²) in [5.74, 6) is 0. The molecule has 0 aromatic heterocycles. The predicted molar refractivity (Wildman–Crippen MR) is 83.2 cm³/mol. The first kappa shape index (κ1) is 16.9. The van der Waals surface area contributed by atoms with Crippen molar-refractivity contribution in [1.82, 2.24) is 9.21 Å². The molecular formula is C14H25N3O2S. The van der Waals surface area contributed by atoms with Gasteiger partial charge in [-0.3, -0.25) is 0 Å². The molecule has 1 aromatic rings. The van der Waals surface area contributed by atoms with Crippen LogP contribution >= 0.6 is 0 Å². The summed E-state index contributed by atoms with van der Waals surface area (Å²) in [6.07, 6.45) is 0.786. The van der Waals surface area contributed by atoms with Gasteiger partial charge in [0, 0.05) is 25.3 Å². The maximum absolute atomic E-state index is 12.8. The molecule has 0 unspecified atom stereocenters. The average molecular weight is 299 g/mol. The minimum absolute atomic E-state index is 0.310. The van der Waals surface area contributed by atoms with Crippen LogP contribution in [0.5, 0.6) is 0 Å². The first-order valence-electron chi connectivity index (χ1n) is 6.80. The number of hydrogen-bond donors (Lipinski definition) is 1. The number of likely N-dealkylation sites (N-methyl/N-ethyl adjacent to an activating group) is 1. The molecule has 0 amide bonds. The van der Waals surface area contributed by atoms with Gasteiger partial charge in [0.15, 0.2) is 0 Å². The number of nitrogen functional groups attached to an aromatic ring is 1. The van der Waals surface area contributed by atoms with Gasteiger partial charge in [0.05, 0.1) is 4.90 Å². The molecular weight excluding hydrogens is 274 g/mol. The molecule has 0 atom stereocenters. The van der Waals surface area contributed by atoms with Crippen molar-refractivity contribution in [2.45, 2.75) is 25.2 Å².